The Hall–Kier alpha value is -3.19. The maximum Gasteiger partial charge on any atom is 0.327 e. The molecule has 0 bridgehead atoms. The smallest absolute Gasteiger partial charge is 0.327 e. The van der Waals surface area contributed by atoms with E-state index < -0.39 is 17.2 Å². The van der Waals surface area contributed by atoms with E-state index in [1.54, 1.807) is 6.07 Å². The second kappa shape index (κ2) is 4.90. The molecule has 2 aromatic heterocycles. The van der Waals surface area contributed by atoms with Crippen LogP contribution in [0.2, 0.25) is 0 Å². The summed E-state index contributed by atoms with van der Waals surface area (Å²) in [6, 6.07) is 9.22. The van der Waals surface area contributed by atoms with Crippen LogP contribution in [0.5, 0.6) is 0 Å². The number of hydrogen-bond donors (Lipinski definition) is 3. The first-order chi connectivity index (χ1) is 12.1. The fourth-order valence-corrected chi connectivity index (χ4v) is 4.31. The highest BCUT2D eigenvalue weighted by Crippen LogP contribution is 2.47. The minimum Gasteiger partial charge on any atom is -0.340 e. The van der Waals surface area contributed by atoms with Crippen LogP contribution in [0, 0.1) is 0 Å². The highest BCUT2D eigenvalue weighted by atomic mass is 32.1. The summed E-state index contributed by atoms with van der Waals surface area (Å²) in [5, 5.41) is 6.93. The lowest BCUT2D eigenvalue weighted by molar-refractivity contribution is 0.103. The molecule has 7 heteroatoms. The van der Waals surface area contributed by atoms with E-state index in [1.807, 2.05) is 35.0 Å². The highest BCUT2D eigenvalue weighted by molar-refractivity contribution is 7.08. The zero-order chi connectivity index (χ0) is 17.1. The maximum absolute atomic E-state index is 13.0. The standard InChI is InChI=1S/C18H11N3O3S/c22-15-10-4-2-1-3-9(10)14-12(15)11(8-5-6-25-7-8)13-16(19-14)20-18(24)21-17(13)23/h1-7,11H,(H3,19,20,21,23,24). The molecule has 5 rings (SSSR count). The first-order valence-electron chi connectivity index (χ1n) is 7.69. The highest BCUT2D eigenvalue weighted by Gasteiger charge is 2.41. The summed E-state index contributed by atoms with van der Waals surface area (Å²) in [5.41, 5.74) is 2.74. The van der Waals surface area contributed by atoms with Gasteiger partial charge in [-0.05, 0) is 22.4 Å². The second-order valence-corrected chi connectivity index (χ2v) is 6.76. The number of thiophene rings is 1. The average molecular weight is 349 g/mol. The molecule has 1 aromatic carbocycles. The van der Waals surface area contributed by atoms with Crippen molar-refractivity contribution in [3.05, 3.63) is 89.8 Å². The lowest BCUT2D eigenvalue weighted by Crippen LogP contribution is -2.33. The maximum atomic E-state index is 13.0. The van der Waals surface area contributed by atoms with Gasteiger partial charge >= 0.3 is 5.69 Å². The number of nitrogens with one attached hydrogen (secondary N) is 3. The third kappa shape index (κ3) is 1.87. The number of allylic oxidation sites excluding steroid dienone is 1. The summed E-state index contributed by atoms with van der Waals surface area (Å²) < 4.78 is 0. The molecule has 0 radical (unpaired) electrons. The molecule has 1 atom stereocenters. The van der Waals surface area contributed by atoms with Crippen LogP contribution >= 0.6 is 11.3 Å². The summed E-state index contributed by atoms with van der Waals surface area (Å²) in [6.45, 7) is 0. The van der Waals surface area contributed by atoms with E-state index in [1.165, 1.54) is 11.3 Å². The lowest BCUT2D eigenvalue weighted by atomic mass is 9.83. The van der Waals surface area contributed by atoms with E-state index in [-0.39, 0.29) is 5.78 Å². The number of benzene rings is 1. The van der Waals surface area contributed by atoms with Crippen molar-refractivity contribution in [2.24, 2.45) is 0 Å². The van der Waals surface area contributed by atoms with Gasteiger partial charge in [0.2, 0.25) is 0 Å². The molecule has 3 heterocycles. The number of carbonyl (C=O) groups excluding carboxylic acids is 1. The third-order valence-corrected chi connectivity index (χ3v) is 5.34. The van der Waals surface area contributed by atoms with Crippen LogP contribution in [-0.2, 0) is 0 Å². The van der Waals surface area contributed by atoms with Crippen molar-refractivity contribution in [1.29, 1.82) is 0 Å². The van der Waals surface area contributed by atoms with Crippen molar-refractivity contribution in [1.82, 2.24) is 9.97 Å². The Kier molecular flexibility index (Phi) is 2.78. The number of anilines is 1. The van der Waals surface area contributed by atoms with Crippen LogP contribution in [0.1, 0.15) is 33.0 Å². The van der Waals surface area contributed by atoms with Crippen molar-refractivity contribution in [3.8, 4) is 0 Å². The van der Waals surface area contributed by atoms with Crippen molar-refractivity contribution < 1.29 is 4.79 Å². The van der Waals surface area contributed by atoms with E-state index in [4.69, 9.17) is 0 Å². The Balaban J connectivity index is 1.86. The molecule has 0 saturated carbocycles. The fraction of sp³-hybridized carbons (Fsp3) is 0.0556. The van der Waals surface area contributed by atoms with Gasteiger partial charge in [0.1, 0.15) is 5.82 Å². The molecular formula is C18H11N3O3S. The third-order valence-electron chi connectivity index (χ3n) is 4.64. The van der Waals surface area contributed by atoms with Crippen LogP contribution in [0.4, 0.5) is 5.82 Å². The summed E-state index contributed by atoms with van der Waals surface area (Å²) in [4.78, 5) is 42.2. The predicted octanol–water partition coefficient (Wildman–Crippen LogP) is 2.29. The largest absolute Gasteiger partial charge is 0.340 e. The van der Waals surface area contributed by atoms with E-state index >= 15 is 0 Å². The van der Waals surface area contributed by atoms with Crippen LogP contribution < -0.4 is 16.6 Å². The summed E-state index contributed by atoms with van der Waals surface area (Å²) in [6.07, 6.45) is 0. The molecular weight excluding hydrogens is 338 g/mol. The molecule has 2 aliphatic rings. The van der Waals surface area contributed by atoms with Gasteiger partial charge in [0.05, 0.1) is 11.3 Å². The van der Waals surface area contributed by atoms with E-state index in [2.05, 4.69) is 15.3 Å². The molecule has 122 valence electrons. The number of H-pyrrole nitrogens is 2. The molecule has 1 unspecified atom stereocenters. The lowest BCUT2D eigenvalue weighted by Gasteiger charge is -2.26. The number of Topliss-reactive ketones (excluding diaryl/α,β-unsaturated/α-hetero) is 1. The number of aromatic amines is 2. The van der Waals surface area contributed by atoms with Gasteiger partial charge in [-0.15, -0.1) is 0 Å². The van der Waals surface area contributed by atoms with Crippen LogP contribution in [0.15, 0.2) is 56.3 Å². The Morgan fingerprint density at radius 2 is 1.76 bits per heavy atom. The van der Waals surface area contributed by atoms with Crippen molar-refractivity contribution >= 4 is 28.6 Å². The summed E-state index contributed by atoms with van der Waals surface area (Å²) >= 11 is 1.50. The van der Waals surface area contributed by atoms with E-state index in [0.717, 1.165) is 11.1 Å². The van der Waals surface area contributed by atoms with Crippen LogP contribution in [0.3, 0.4) is 0 Å². The monoisotopic (exact) mass is 349 g/mol. The first kappa shape index (κ1) is 14.2. The zero-order valence-corrected chi connectivity index (χ0v) is 13.6. The van der Waals surface area contributed by atoms with Gasteiger partial charge in [-0.1, -0.05) is 24.3 Å². The van der Waals surface area contributed by atoms with Gasteiger partial charge in [0.15, 0.2) is 5.78 Å². The van der Waals surface area contributed by atoms with Gasteiger partial charge in [-0.3, -0.25) is 19.6 Å². The second-order valence-electron chi connectivity index (χ2n) is 5.98. The molecule has 0 saturated heterocycles. The Bertz CT molecular complexity index is 1180. The molecule has 0 amide bonds. The number of carbonyl (C=O) groups is 1. The van der Waals surface area contributed by atoms with Crippen LogP contribution in [0.25, 0.3) is 5.70 Å². The molecule has 3 aromatic rings. The van der Waals surface area contributed by atoms with Crippen molar-refractivity contribution in [2.45, 2.75) is 5.92 Å². The fourth-order valence-electron chi connectivity index (χ4n) is 3.62. The molecule has 0 spiro atoms. The van der Waals surface area contributed by atoms with E-state index in [0.29, 0.717) is 28.2 Å². The molecule has 1 aliphatic carbocycles. The molecule has 6 nitrogen and oxygen atoms in total. The van der Waals surface area contributed by atoms with Gasteiger partial charge in [-0.25, -0.2) is 4.79 Å². The Morgan fingerprint density at radius 3 is 2.52 bits per heavy atom. The molecule has 25 heavy (non-hydrogen) atoms. The Labute approximate surface area is 144 Å². The van der Waals surface area contributed by atoms with Crippen molar-refractivity contribution in [3.63, 3.8) is 0 Å². The van der Waals surface area contributed by atoms with Gasteiger partial charge in [-0.2, -0.15) is 11.3 Å². The minimum atomic E-state index is -0.582. The number of rotatable bonds is 1. The molecule has 0 fully saturated rings. The van der Waals surface area contributed by atoms with E-state index in [9.17, 15) is 14.4 Å². The number of ketones is 1. The topological polar surface area (TPSA) is 94.8 Å². The normalized spacial score (nSPS) is 17.8. The SMILES string of the molecule is O=C1C2=C(Nc3[nH]c(=O)[nH]c(=O)c3C2c2ccsc2)c2ccccc21. The number of fused-ring (bicyclic) bond motifs is 3. The van der Waals surface area contributed by atoms with Gasteiger partial charge in [0, 0.05) is 22.6 Å². The quantitative estimate of drug-likeness (QED) is 0.628. The van der Waals surface area contributed by atoms with Crippen molar-refractivity contribution in [2.75, 3.05) is 5.32 Å². The Morgan fingerprint density at radius 1 is 0.960 bits per heavy atom. The number of hydrogen-bond acceptors (Lipinski definition) is 5. The summed E-state index contributed by atoms with van der Waals surface area (Å²) in [5.74, 6) is -0.267. The predicted molar refractivity (Wildman–Crippen MR) is 95.2 cm³/mol. The van der Waals surface area contributed by atoms with Crippen LogP contribution in [-0.4, -0.2) is 15.8 Å². The van der Waals surface area contributed by atoms with Gasteiger partial charge < -0.3 is 5.32 Å². The zero-order valence-electron chi connectivity index (χ0n) is 12.8. The number of aromatic nitrogens is 2. The minimum absolute atomic E-state index is 0.0921. The molecule has 3 N–H and O–H groups in total. The first-order valence-corrected chi connectivity index (χ1v) is 8.63. The van der Waals surface area contributed by atoms with Gasteiger partial charge in [0.25, 0.3) is 5.56 Å². The average Bonchev–Trinajstić information content (AvgIpc) is 3.21. The molecule has 1 aliphatic heterocycles. The summed E-state index contributed by atoms with van der Waals surface area (Å²) in [7, 11) is 0.